The first-order chi connectivity index (χ1) is 6.04. The highest BCUT2D eigenvalue weighted by Crippen LogP contribution is 1.98. The van der Waals surface area contributed by atoms with Crippen LogP contribution in [0.3, 0.4) is 0 Å². The normalized spacial score (nSPS) is 19.7. The molecule has 0 saturated carbocycles. The molecule has 0 aliphatic rings. The van der Waals surface area contributed by atoms with E-state index in [2.05, 4.69) is 5.32 Å². The molecule has 0 radical (unpaired) electrons. The summed E-state index contributed by atoms with van der Waals surface area (Å²) in [6, 6.07) is 0. The highest BCUT2D eigenvalue weighted by molar-refractivity contribution is 5.66. The van der Waals surface area contributed by atoms with Crippen molar-refractivity contribution in [3.63, 3.8) is 0 Å². The molecule has 1 atom stereocenters. The average Bonchev–Trinajstić information content (AvgIpc) is 1.78. The van der Waals surface area contributed by atoms with E-state index in [1.54, 1.807) is 20.8 Å². The SMILES string of the molecule is [2H]C(CC(=O)O)C([2H])([2H])NC(C)(C)C. The molecule has 0 bridgehead atoms. The first-order valence-electron chi connectivity index (χ1n) is 5.06. The summed E-state index contributed by atoms with van der Waals surface area (Å²) in [5, 5.41) is 11.0. The van der Waals surface area contributed by atoms with Gasteiger partial charge in [0, 0.05) is 16.1 Å². The van der Waals surface area contributed by atoms with Crippen molar-refractivity contribution in [2.45, 2.75) is 39.1 Å². The summed E-state index contributed by atoms with van der Waals surface area (Å²) >= 11 is 0. The van der Waals surface area contributed by atoms with Gasteiger partial charge in [0.25, 0.3) is 0 Å². The van der Waals surface area contributed by atoms with Crippen molar-refractivity contribution in [3.05, 3.63) is 0 Å². The molecule has 0 aliphatic heterocycles. The summed E-state index contributed by atoms with van der Waals surface area (Å²) in [6.07, 6.45) is -1.81. The highest BCUT2D eigenvalue weighted by Gasteiger charge is 2.07. The van der Waals surface area contributed by atoms with Gasteiger partial charge in [-0.05, 0) is 33.7 Å². The van der Waals surface area contributed by atoms with E-state index < -0.39 is 30.8 Å². The maximum atomic E-state index is 10.3. The Labute approximate surface area is 72.0 Å². The lowest BCUT2D eigenvalue weighted by Crippen LogP contribution is -2.36. The first-order valence-corrected chi connectivity index (χ1v) is 3.48. The second-order valence-electron chi connectivity index (χ2n) is 3.32. The summed E-state index contributed by atoms with van der Waals surface area (Å²) < 4.78 is 22.3. The van der Waals surface area contributed by atoms with Crippen LogP contribution in [-0.2, 0) is 4.79 Å². The molecular formula is C8H17NO2. The van der Waals surface area contributed by atoms with E-state index in [0.29, 0.717) is 0 Å². The van der Waals surface area contributed by atoms with Crippen LogP contribution in [0.2, 0.25) is 0 Å². The lowest BCUT2D eigenvalue weighted by atomic mass is 10.1. The van der Waals surface area contributed by atoms with Crippen LogP contribution in [0.5, 0.6) is 0 Å². The van der Waals surface area contributed by atoms with Gasteiger partial charge in [0.15, 0.2) is 0 Å². The van der Waals surface area contributed by atoms with E-state index in [4.69, 9.17) is 9.22 Å². The molecule has 0 heterocycles. The van der Waals surface area contributed by atoms with E-state index in [1.807, 2.05) is 0 Å². The molecular weight excluding hydrogens is 142 g/mol. The molecule has 2 N–H and O–H groups in total. The Kier molecular flexibility index (Phi) is 2.37. The van der Waals surface area contributed by atoms with E-state index >= 15 is 0 Å². The number of aliphatic carboxylic acids is 1. The van der Waals surface area contributed by atoms with Gasteiger partial charge >= 0.3 is 5.97 Å². The summed E-state index contributed by atoms with van der Waals surface area (Å²) in [4.78, 5) is 10.3. The Bertz CT molecular complexity index is 213. The van der Waals surface area contributed by atoms with Crippen LogP contribution >= 0.6 is 0 Å². The van der Waals surface area contributed by atoms with Crippen molar-refractivity contribution in [3.8, 4) is 0 Å². The zero-order valence-corrected chi connectivity index (χ0v) is 7.14. The fourth-order valence-electron chi connectivity index (χ4n) is 0.406. The number of carboxylic acids is 1. The maximum Gasteiger partial charge on any atom is 0.303 e. The monoisotopic (exact) mass is 162 g/mol. The van der Waals surface area contributed by atoms with Gasteiger partial charge in [-0.25, -0.2) is 0 Å². The van der Waals surface area contributed by atoms with Crippen LogP contribution < -0.4 is 5.32 Å². The number of hydrogen-bond acceptors (Lipinski definition) is 2. The van der Waals surface area contributed by atoms with Crippen molar-refractivity contribution >= 4 is 5.97 Å². The molecule has 0 fully saturated rings. The molecule has 3 nitrogen and oxygen atoms in total. The minimum absolute atomic E-state index is 0.485. The number of hydrogen-bond donors (Lipinski definition) is 2. The Balaban J connectivity index is 4.37. The Morgan fingerprint density at radius 3 is 2.55 bits per heavy atom. The molecule has 0 spiro atoms. The zero-order valence-electron chi connectivity index (χ0n) is 10.1. The molecule has 0 aromatic carbocycles. The van der Waals surface area contributed by atoms with Gasteiger partial charge in [0.05, 0.1) is 0 Å². The predicted octanol–water partition coefficient (Wildman–Crippen LogP) is 1.24. The first kappa shape index (κ1) is 6.00. The number of carbonyl (C=O) groups is 1. The smallest absolute Gasteiger partial charge is 0.303 e. The second kappa shape index (κ2) is 4.34. The molecule has 1 unspecified atom stereocenters. The van der Waals surface area contributed by atoms with Crippen LogP contribution in [0.4, 0.5) is 0 Å². The molecule has 3 heteroatoms. The molecule has 0 saturated heterocycles. The Morgan fingerprint density at radius 2 is 2.18 bits per heavy atom. The number of carboxylic acid groups (broad SMARTS) is 1. The zero-order chi connectivity index (χ0) is 11.6. The molecule has 0 aromatic heterocycles. The highest BCUT2D eigenvalue weighted by atomic mass is 16.4. The standard InChI is InChI=1S/C8H17NO2/c1-8(2,3)9-6-4-5-7(10)11/h9H,4-6H2,1-3H3,(H,10,11)/i4D,6D2. The van der Waals surface area contributed by atoms with E-state index in [9.17, 15) is 4.79 Å². The van der Waals surface area contributed by atoms with Crippen molar-refractivity contribution in [2.24, 2.45) is 0 Å². The topological polar surface area (TPSA) is 49.3 Å². The third kappa shape index (κ3) is 9.43. The third-order valence-corrected chi connectivity index (χ3v) is 0.826. The number of rotatable bonds is 4. The van der Waals surface area contributed by atoms with Gasteiger partial charge in [0.2, 0.25) is 0 Å². The quantitative estimate of drug-likeness (QED) is 0.654. The summed E-state index contributed by atoms with van der Waals surface area (Å²) in [6.45, 7) is 3.30. The third-order valence-electron chi connectivity index (χ3n) is 0.826. The fourth-order valence-corrected chi connectivity index (χ4v) is 0.406. The van der Waals surface area contributed by atoms with Crippen LogP contribution in [-0.4, -0.2) is 23.1 Å². The van der Waals surface area contributed by atoms with E-state index in [0.717, 1.165) is 0 Å². The maximum absolute atomic E-state index is 10.3. The van der Waals surface area contributed by atoms with Crippen LogP contribution in [0.25, 0.3) is 0 Å². The van der Waals surface area contributed by atoms with Gasteiger partial charge in [-0.1, -0.05) is 0 Å². The van der Waals surface area contributed by atoms with Crippen molar-refractivity contribution in [1.82, 2.24) is 5.32 Å². The predicted molar refractivity (Wildman–Crippen MR) is 44.6 cm³/mol. The van der Waals surface area contributed by atoms with Gasteiger partial charge in [-0.15, -0.1) is 0 Å². The molecule has 0 rings (SSSR count). The summed E-state index contributed by atoms with van der Waals surface area (Å²) in [5.74, 6) is -1.16. The molecule has 0 aliphatic carbocycles. The van der Waals surface area contributed by atoms with Crippen molar-refractivity contribution in [2.75, 3.05) is 6.50 Å². The van der Waals surface area contributed by atoms with Crippen molar-refractivity contribution in [1.29, 1.82) is 0 Å². The van der Waals surface area contributed by atoms with Crippen LogP contribution in [0.1, 0.15) is 37.7 Å². The Hall–Kier alpha value is -0.570. The summed E-state index contributed by atoms with van der Waals surface area (Å²) in [5.41, 5.74) is -0.485. The lowest BCUT2D eigenvalue weighted by molar-refractivity contribution is -0.137. The average molecular weight is 162 g/mol. The molecule has 66 valence electrons. The van der Waals surface area contributed by atoms with Gasteiger partial charge in [-0.3, -0.25) is 4.79 Å². The molecule has 0 amide bonds. The summed E-state index contributed by atoms with van der Waals surface area (Å²) in [7, 11) is 0. The number of nitrogens with one attached hydrogen (secondary N) is 1. The van der Waals surface area contributed by atoms with Gasteiger partial charge < -0.3 is 10.4 Å². The van der Waals surface area contributed by atoms with Crippen molar-refractivity contribution < 1.29 is 14.0 Å². The van der Waals surface area contributed by atoms with Crippen LogP contribution in [0, 0.1) is 0 Å². The minimum Gasteiger partial charge on any atom is -0.481 e. The minimum atomic E-state index is -1.99. The van der Waals surface area contributed by atoms with E-state index in [1.165, 1.54) is 0 Å². The largest absolute Gasteiger partial charge is 0.481 e. The Morgan fingerprint density at radius 1 is 1.64 bits per heavy atom. The van der Waals surface area contributed by atoms with Crippen LogP contribution in [0.15, 0.2) is 0 Å². The van der Waals surface area contributed by atoms with Gasteiger partial charge in [0.1, 0.15) is 0 Å². The van der Waals surface area contributed by atoms with E-state index in [-0.39, 0.29) is 0 Å². The molecule has 11 heavy (non-hydrogen) atoms. The van der Waals surface area contributed by atoms with Gasteiger partial charge in [-0.2, -0.15) is 0 Å². The second-order valence-corrected chi connectivity index (χ2v) is 3.32. The lowest BCUT2D eigenvalue weighted by Gasteiger charge is -2.19. The molecule has 0 aromatic rings. The fraction of sp³-hybridized carbons (Fsp3) is 0.875.